The molecular weight excluding hydrogens is 398 g/mol. The summed E-state index contributed by atoms with van der Waals surface area (Å²) >= 11 is 6.08. The maximum Gasteiger partial charge on any atom is 0.251 e. The van der Waals surface area contributed by atoms with Gasteiger partial charge in [0.2, 0.25) is 0 Å². The van der Waals surface area contributed by atoms with Crippen LogP contribution in [0.25, 0.3) is 0 Å². The Labute approximate surface area is 185 Å². The zero-order valence-electron chi connectivity index (χ0n) is 17.9. The second-order valence-corrected chi connectivity index (χ2v) is 8.28. The molecule has 1 N–H and O–H groups in total. The number of ether oxygens (including phenoxy) is 1. The average Bonchev–Trinajstić information content (AvgIpc) is 2.77. The zero-order valence-corrected chi connectivity index (χ0v) is 18.7. The summed E-state index contributed by atoms with van der Waals surface area (Å²) in [6.07, 6.45) is 2.13. The third-order valence-corrected chi connectivity index (χ3v) is 5.82. The Hall–Kier alpha value is -2.08. The van der Waals surface area contributed by atoms with Gasteiger partial charge in [-0.1, -0.05) is 37.1 Å². The summed E-state index contributed by atoms with van der Waals surface area (Å²) in [5.74, 6) is 0.736. The van der Waals surface area contributed by atoms with Crippen molar-refractivity contribution in [3.8, 4) is 5.75 Å². The van der Waals surface area contributed by atoms with E-state index in [0.29, 0.717) is 18.7 Å². The number of carbonyl (C=O) groups is 1. The van der Waals surface area contributed by atoms with E-state index in [1.54, 1.807) is 0 Å². The molecule has 2 aromatic rings. The summed E-state index contributed by atoms with van der Waals surface area (Å²) in [5, 5.41) is 3.85. The van der Waals surface area contributed by atoms with E-state index in [4.69, 9.17) is 16.3 Å². The first-order chi connectivity index (χ1) is 14.6. The van der Waals surface area contributed by atoms with E-state index in [0.717, 1.165) is 49.8 Å². The number of hydrogen-bond acceptors (Lipinski definition) is 4. The number of likely N-dealkylation sites (N-methyl/N-ethyl adjacent to an activating group) is 1. The molecule has 0 radical (unpaired) electrons. The van der Waals surface area contributed by atoms with Gasteiger partial charge < -0.3 is 15.0 Å². The molecule has 30 heavy (non-hydrogen) atoms. The molecule has 0 aliphatic carbocycles. The molecule has 0 aromatic heterocycles. The lowest BCUT2D eigenvalue weighted by atomic mass is 10.0. The van der Waals surface area contributed by atoms with Crippen molar-refractivity contribution in [3.63, 3.8) is 0 Å². The number of carbonyl (C=O) groups excluding carboxylic acids is 1. The largest absolute Gasteiger partial charge is 0.494 e. The van der Waals surface area contributed by atoms with E-state index in [-0.39, 0.29) is 11.9 Å². The van der Waals surface area contributed by atoms with Crippen LogP contribution in [0.3, 0.4) is 0 Å². The number of hydrogen-bond donors (Lipinski definition) is 1. The first-order valence-corrected chi connectivity index (χ1v) is 11.1. The van der Waals surface area contributed by atoms with Crippen molar-refractivity contribution in [2.45, 2.75) is 25.8 Å². The number of nitrogens with zero attached hydrogens (tertiary/aromatic N) is 2. The van der Waals surface area contributed by atoms with Gasteiger partial charge in [0.1, 0.15) is 5.75 Å². The molecule has 0 bridgehead atoms. The van der Waals surface area contributed by atoms with Crippen LogP contribution in [0.5, 0.6) is 5.75 Å². The predicted molar refractivity (Wildman–Crippen MR) is 122 cm³/mol. The van der Waals surface area contributed by atoms with Gasteiger partial charge in [0.25, 0.3) is 5.91 Å². The summed E-state index contributed by atoms with van der Waals surface area (Å²) < 4.78 is 5.68. The Kier molecular flexibility index (Phi) is 8.55. The Morgan fingerprint density at radius 2 is 1.73 bits per heavy atom. The molecule has 1 saturated heterocycles. The molecule has 1 heterocycles. The number of piperazine rings is 1. The van der Waals surface area contributed by atoms with Gasteiger partial charge in [0, 0.05) is 43.3 Å². The molecule has 2 aromatic carbocycles. The molecule has 1 fully saturated rings. The minimum Gasteiger partial charge on any atom is -0.494 e. The van der Waals surface area contributed by atoms with Gasteiger partial charge in [-0.05, 0) is 55.4 Å². The van der Waals surface area contributed by atoms with E-state index in [2.05, 4.69) is 41.2 Å². The summed E-state index contributed by atoms with van der Waals surface area (Å²) in [5.41, 5.74) is 1.81. The Bertz CT molecular complexity index is 787. The van der Waals surface area contributed by atoms with Gasteiger partial charge in [-0.2, -0.15) is 0 Å². The van der Waals surface area contributed by atoms with Crippen LogP contribution in [0.1, 0.15) is 41.7 Å². The van der Waals surface area contributed by atoms with E-state index in [9.17, 15) is 4.79 Å². The second kappa shape index (κ2) is 11.3. The molecule has 162 valence electrons. The SMILES string of the molecule is CCCCOc1ccc(C(=O)NC[C@H](c2ccc(Cl)cc2)N2CCN(C)CC2)cc1. The van der Waals surface area contributed by atoms with Crippen molar-refractivity contribution in [2.24, 2.45) is 0 Å². The molecule has 6 heteroatoms. The summed E-state index contributed by atoms with van der Waals surface area (Å²) in [6, 6.07) is 15.4. The molecule has 1 aliphatic heterocycles. The second-order valence-electron chi connectivity index (χ2n) is 7.84. The highest BCUT2D eigenvalue weighted by Gasteiger charge is 2.24. The first kappa shape index (κ1) is 22.6. The van der Waals surface area contributed by atoms with Crippen LogP contribution < -0.4 is 10.1 Å². The minimum atomic E-state index is -0.0665. The van der Waals surface area contributed by atoms with Crippen LogP contribution in [0.2, 0.25) is 5.02 Å². The standard InChI is InChI=1S/C24H32ClN3O2/c1-3-4-17-30-22-11-7-20(8-12-22)24(29)26-18-23(19-5-9-21(25)10-6-19)28-15-13-27(2)14-16-28/h5-12,23H,3-4,13-18H2,1-2H3,(H,26,29)/t23-/m1/s1. The lowest BCUT2D eigenvalue weighted by Crippen LogP contribution is -2.48. The highest BCUT2D eigenvalue weighted by molar-refractivity contribution is 6.30. The van der Waals surface area contributed by atoms with E-state index in [1.807, 2.05) is 36.4 Å². The predicted octanol–water partition coefficient (Wildman–Crippen LogP) is 4.24. The van der Waals surface area contributed by atoms with Gasteiger partial charge in [0.15, 0.2) is 0 Å². The number of halogens is 1. The number of unbranched alkanes of at least 4 members (excludes halogenated alkanes) is 1. The van der Waals surface area contributed by atoms with Crippen LogP contribution in [0, 0.1) is 0 Å². The van der Waals surface area contributed by atoms with Gasteiger partial charge in [-0.15, -0.1) is 0 Å². The molecule has 0 unspecified atom stereocenters. The van der Waals surface area contributed by atoms with Crippen LogP contribution in [-0.4, -0.2) is 62.1 Å². The normalized spacial score (nSPS) is 16.2. The quantitative estimate of drug-likeness (QED) is 0.605. The van der Waals surface area contributed by atoms with Crippen molar-refractivity contribution in [1.82, 2.24) is 15.1 Å². The van der Waals surface area contributed by atoms with E-state index in [1.165, 1.54) is 5.56 Å². The van der Waals surface area contributed by atoms with Crippen molar-refractivity contribution in [2.75, 3.05) is 46.4 Å². The van der Waals surface area contributed by atoms with Crippen molar-refractivity contribution in [3.05, 3.63) is 64.7 Å². The molecule has 0 saturated carbocycles. The lowest BCUT2D eigenvalue weighted by Gasteiger charge is -2.38. The first-order valence-electron chi connectivity index (χ1n) is 10.8. The van der Waals surface area contributed by atoms with E-state index < -0.39 is 0 Å². The minimum absolute atomic E-state index is 0.0665. The molecule has 3 rings (SSSR count). The average molecular weight is 430 g/mol. The monoisotopic (exact) mass is 429 g/mol. The number of benzene rings is 2. The van der Waals surface area contributed by atoms with Gasteiger partial charge in [0.05, 0.1) is 12.6 Å². The van der Waals surface area contributed by atoms with Crippen molar-refractivity contribution < 1.29 is 9.53 Å². The smallest absolute Gasteiger partial charge is 0.251 e. The van der Waals surface area contributed by atoms with Crippen molar-refractivity contribution >= 4 is 17.5 Å². The van der Waals surface area contributed by atoms with Crippen LogP contribution in [-0.2, 0) is 0 Å². The van der Waals surface area contributed by atoms with Gasteiger partial charge in [-0.25, -0.2) is 0 Å². The van der Waals surface area contributed by atoms with Crippen LogP contribution in [0.4, 0.5) is 0 Å². The number of amides is 1. The number of rotatable bonds is 9. The topological polar surface area (TPSA) is 44.8 Å². The highest BCUT2D eigenvalue weighted by Crippen LogP contribution is 2.23. The summed E-state index contributed by atoms with van der Waals surface area (Å²) in [4.78, 5) is 17.5. The molecule has 1 aliphatic rings. The Balaban J connectivity index is 1.62. The highest BCUT2D eigenvalue weighted by atomic mass is 35.5. The maximum atomic E-state index is 12.7. The number of nitrogens with one attached hydrogen (secondary N) is 1. The van der Waals surface area contributed by atoms with Gasteiger partial charge in [-0.3, -0.25) is 9.69 Å². The van der Waals surface area contributed by atoms with Crippen molar-refractivity contribution in [1.29, 1.82) is 0 Å². The fourth-order valence-corrected chi connectivity index (χ4v) is 3.73. The fourth-order valence-electron chi connectivity index (χ4n) is 3.60. The maximum absolute atomic E-state index is 12.7. The third kappa shape index (κ3) is 6.46. The molecule has 1 atom stereocenters. The lowest BCUT2D eigenvalue weighted by molar-refractivity contribution is 0.0886. The van der Waals surface area contributed by atoms with Gasteiger partial charge >= 0.3 is 0 Å². The fraction of sp³-hybridized carbons (Fsp3) is 0.458. The summed E-state index contributed by atoms with van der Waals surface area (Å²) in [6.45, 7) is 7.40. The summed E-state index contributed by atoms with van der Waals surface area (Å²) in [7, 11) is 2.14. The zero-order chi connectivity index (χ0) is 21.3. The molecule has 0 spiro atoms. The Morgan fingerprint density at radius 1 is 1.07 bits per heavy atom. The van der Waals surface area contributed by atoms with Crippen LogP contribution in [0.15, 0.2) is 48.5 Å². The third-order valence-electron chi connectivity index (χ3n) is 5.57. The molecular formula is C24H32ClN3O2. The van der Waals surface area contributed by atoms with Crippen LogP contribution >= 0.6 is 11.6 Å². The Morgan fingerprint density at radius 3 is 2.37 bits per heavy atom. The van der Waals surface area contributed by atoms with E-state index >= 15 is 0 Å². The molecule has 5 nitrogen and oxygen atoms in total. The molecule has 1 amide bonds.